The van der Waals surface area contributed by atoms with Gasteiger partial charge in [0.05, 0.1) is 6.10 Å². The standard InChI is InChI=1S/C10H18O/c1-7(11)10-5-8-2-3-9(4-8)6-10/h7-11H,2-6H2,1H3/t7-,8?,9?,10?/m1/s1. The highest BCUT2D eigenvalue weighted by Crippen LogP contribution is 2.45. The Balaban J connectivity index is 1.97. The molecule has 0 saturated heterocycles. The highest BCUT2D eigenvalue weighted by atomic mass is 16.3. The number of fused-ring (bicyclic) bond motifs is 2. The van der Waals surface area contributed by atoms with Crippen LogP contribution >= 0.6 is 0 Å². The van der Waals surface area contributed by atoms with E-state index in [4.69, 9.17) is 0 Å². The van der Waals surface area contributed by atoms with Crippen molar-refractivity contribution in [2.24, 2.45) is 17.8 Å². The minimum absolute atomic E-state index is 0.0570. The molecule has 2 rings (SSSR count). The molecular formula is C10H18O. The van der Waals surface area contributed by atoms with Crippen LogP contribution < -0.4 is 0 Å². The lowest BCUT2D eigenvalue weighted by atomic mass is 9.79. The van der Waals surface area contributed by atoms with Crippen LogP contribution in [-0.2, 0) is 0 Å². The highest BCUT2D eigenvalue weighted by Gasteiger charge is 2.35. The van der Waals surface area contributed by atoms with Crippen LogP contribution in [0, 0.1) is 17.8 Å². The quantitative estimate of drug-likeness (QED) is 0.614. The van der Waals surface area contributed by atoms with Crippen LogP contribution in [0.5, 0.6) is 0 Å². The minimum atomic E-state index is -0.0570. The van der Waals surface area contributed by atoms with E-state index in [1.165, 1.54) is 32.1 Å². The Labute approximate surface area is 68.8 Å². The van der Waals surface area contributed by atoms with Gasteiger partial charge in [-0.2, -0.15) is 0 Å². The summed E-state index contributed by atoms with van der Waals surface area (Å²) < 4.78 is 0. The van der Waals surface area contributed by atoms with Gasteiger partial charge in [-0.25, -0.2) is 0 Å². The van der Waals surface area contributed by atoms with Crippen LogP contribution in [0.25, 0.3) is 0 Å². The molecule has 1 nitrogen and oxygen atoms in total. The second-order valence-electron chi connectivity index (χ2n) is 4.52. The average molecular weight is 154 g/mol. The molecule has 2 fully saturated rings. The monoisotopic (exact) mass is 154 g/mol. The maximum absolute atomic E-state index is 9.44. The first-order valence-electron chi connectivity index (χ1n) is 4.93. The van der Waals surface area contributed by atoms with Gasteiger partial charge in [0.15, 0.2) is 0 Å². The van der Waals surface area contributed by atoms with Gasteiger partial charge in [0.1, 0.15) is 0 Å². The highest BCUT2D eigenvalue weighted by molar-refractivity contribution is 4.86. The van der Waals surface area contributed by atoms with Crippen molar-refractivity contribution >= 4 is 0 Å². The fraction of sp³-hybridized carbons (Fsp3) is 1.00. The number of rotatable bonds is 1. The summed E-state index contributed by atoms with van der Waals surface area (Å²) in [7, 11) is 0. The Morgan fingerprint density at radius 1 is 1.09 bits per heavy atom. The zero-order valence-electron chi connectivity index (χ0n) is 7.29. The molecule has 64 valence electrons. The van der Waals surface area contributed by atoms with Gasteiger partial charge in [-0.3, -0.25) is 0 Å². The molecule has 0 heterocycles. The van der Waals surface area contributed by atoms with E-state index in [9.17, 15) is 5.11 Å². The van der Waals surface area contributed by atoms with E-state index in [-0.39, 0.29) is 6.10 Å². The Morgan fingerprint density at radius 3 is 2.09 bits per heavy atom. The molecule has 3 atom stereocenters. The van der Waals surface area contributed by atoms with Gasteiger partial charge in [0.2, 0.25) is 0 Å². The fourth-order valence-electron chi connectivity index (χ4n) is 2.95. The van der Waals surface area contributed by atoms with Crippen LogP contribution in [0.3, 0.4) is 0 Å². The molecule has 0 aliphatic heterocycles. The van der Waals surface area contributed by atoms with E-state index in [0.717, 1.165) is 11.8 Å². The molecule has 0 radical (unpaired) electrons. The Hall–Kier alpha value is -0.0400. The summed E-state index contributed by atoms with van der Waals surface area (Å²) in [6.45, 7) is 1.95. The van der Waals surface area contributed by atoms with Gasteiger partial charge in [-0.15, -0.1) is 0 Å². The second kappa shape index (κ2) is 2.78. The SMILES string of the molecule is C[C@@H](O)C1CC2CCC(C2)C1. The largest absolute Gasteiger partial charge is 0.393 e. The molecule has 0 aromatic carbocycles. The Morgan fingerprint density at radius 2 is 1.64 bits per heavy atom. The molecule has 11 heavy (non-hydrogen) atoms. The van der Waals surface area contributed by atoms with Crippen molar-refractivity contribution in [3.8, 4) is 0 Å². The first-order chi connectivity index (χ1) is 5.25. The molecule has 0 spiro atoms. The summed E-state index contributed by atoms with van der Waals surface area (Å²) in [4.78, 5) is 0. The molecular weight excluding hydrogens is 136 g/mol. The normalized spacial score (nSPS) is 45.8. The van der Waals surface area contributed by atoms with Crippen molar-refractivity contribution in [1.29, 1.82) is 0 Å². The van der Waals surface area contributed by atoms with E-state index in [0.29, 0.717) is 5.92 Å². The molecule has 0 aromatic rings. The predicted octanol–water partition coefficient (Wildman–Crippen LogP) is 2.19. The summed E-state index contributed by atoms with van der Waals surface area (Å²) in [5.74, 6) is 2.56. The molecule has 2 bridgehead atoms. The van der Waals surface area contributed by atoms with E-state index in [1.807, 2.05) is 6.92 Å². The molecule has 2 saturated carbocycles. The second-order valence-corrected chi connectivity index (χ2v) is 4.52. The van der Waals surface area contributed by atoms with Gasteiger partial charge < -0.3 is 5.11 Å². The van der Waals surface area contributed by atoms with E-state index in [2.05, 4.69) is 0 Å². The third-order valence-electron chi connectivity index (χ3n) is 3.60. The van der Waals surface area contributed by atoms with Gasteiger partial charge >= 0.3 is 0 Å². The van der Waals surface area contributed by atoms with Gasteiger partial charge in [-0.1, -0.05) is 12.8 Å². The smallest absolute Gasteiger partial charge is 0.0540 e. The van der Waals surface area contributed by atoms with Crippen LogP contribution in [0.15, 0.2) is 0 Å². The van der Waals surface area contributed by atoms with Crippen LogP contribution in [0.1, 0.15) is 39.0 Å². The van der Waals surface area contributed by atoms with E-state index < -0.39 is 0 Å². The number of aliphatic hydroxyl groups excluding tert-OH is 1. The summed E-state index contributed by atoms with van der Waals surface area (Å²) >= 11 is 0. The van der Waals surface area contributed by atoms with Crippen molar-refractivity contribution < 1.29 is 5.11 Å². The molecule has 1 N–H and O–H groups in total. The number of hydrogen-bond acceptors (Lipinski definition) is 1. The van der Waals surface area contributed by atoms with E-state index >= 15 is 0 Å². The number of hydrogen-bond donors (Lipinski definition) is 1. The lowest BCUT2D eigenvalue weighted by Gasteiger charge is -2.29. The Bertz CT molecular complexity index is 130. The summed E-state index contributed by atoms with van der Waals surface area (Å²) in [6.07, 6.45) is 6.88. The van der Waals surface area contributed by atoms with Crippen LogP contribution in [0.4, 0.5) is 0 Å². The van der Waals surface area contributed by atoms with Gasteiger partial charge in [0, 0.05) is 0 Å². The molecule has 2 aliphatic carbocycles. The van der Waals surface area contributed by atoms with Crippen molar-refractivity contribution in [2.45, 2.75) is 45.1 Å². The maximum Gasteiger partial charge on any atom is 0.0540 e. The Kier molecular flexibility index (Phi) is 1.92. The van der Waals surface area contributed by atoms with Crippen LogP contribution in [-0.4, -0.2) is 11.2 Å². The summed E-state index contributed by atoms with van der Waals surface area (Å²) in [5, 5.41) is 9.44. The lowest BCUT2D eigenvalue weighted by molar-refractivity contribution is 0.0801. The molecule has 0 aromatic heterocycles. The topological polar surface area (TPSA) is 20.2 Å². The minimum Gasteiger partial charge on any atom is -0.393 e. The zero-order valence-corrected chi connectivity index (χ0v) is 7.29. The molecule has 2 aliphatic rings. The third kappa shape index (κ3) is 1.44. The molecule has 0 amide bonds. The first-order valence-corrected chi connectivity index (χ1v) is 4.93. The first kappa shape index (κ1) is 7.60. The van der Waals surface area contributed by atoms with E-state index in [1.54, 1.807) is 0 Å². The lowest BCUT2D eigenvalue weighted by Crippen LogP contribution is -2.24. The van der Waals surface area contributed by atoms with Crippen molar-refractivity contribution in [1.82, 2.24) is 0 Å². The molecule has 2 unspecified atom stereocenters. The zero-order chi connectivity index (χ0) is 7.84. The number of aliphatic hydroxyl groups is 1. The van der Waals surface area contributed by atoms with Gasteiger partial charge in [-0.05, 0) is 43.9 Å². The molecule has 1 heteroatoms. The fourth-order valence-corrected chi connectivity index (χ4v) is 2.95. The summed E-state index contributed by atoms with van der Waals surface area (Å²) in [5.41, 5.74) is 0. The third-order valence-corrected chi connectivity index (χ3v) is 3.60. The predicted molar refractivity (Wildman–Crippen MR) is 45.2 cm³/mol. The van der Waals surface area contributed by atoms with Crippen molar-refractivity contribution in [2.75, 3.05) is 0 Å². The summed E-state index contributed by atoms with van der Waals surface area (Å²) in [6, 6.07) is 0. The van der Waals surface area contributed by atoms with Gasteiger partial charge in [0.25, 0.3) is 0 Å². The van der Waals surface area contributed by atoms with Crippen LogP contribution in [0.2, 0.25) is 0 Å². The van der Waals surface area contributed by atoms with Crippen molar-refractivity contribution in [3.63, 3.8) is 0 Å². The maximum atomic E-state index is 9.44. The van der Waals surface area contributed by atoms with Crippen molar-refractivity contribution in [3.05, 3.63) is 0 Å². The average Bonchev–Trinajstić information content (AvgIpc) is 2.30.